The number of likely N-dealkylation sites (tertiary alicyclic amines) is 2. The van der Waals surface area contributed by atoms with Crippen molar-refractivity contribution in [1.29, 1.82) is 0 Å². The molecule has 2 fully saturated rings. The van der Waals surface area contributed by atoms with E-state index in [4.69, 9.17) is 0 Å². The number of nitrogens with zero attached hydrogens (tertiary/aromatic N) is 3. The van der Waals surface area contributed by atoms with Gasteiger partial charge in [-0.1, -0.05) is 26.0 Å². The van der Waals surface area contributed by atoms with Gasteiger partial charge in [0.25, 0.3) is 0 Å². The van der Waals surface area contributed by atoms with Crippen LogP contribution in [0.4, 0.5) is 5.69 Å². The van der Waals surface area contributed by atoms with Gasteiger partial charge in [0.2, 0.25) is 11.8 Å². The van der Waals surface area contributed by atoms with E-state index in [0.717, 1.165) is 50.3 Å². The normalized spacial score (nSPS) is 19.2. The first-order valence-corrected chi connectivity index (χ1v) is 10.1. The number of carbonyl (C=O) groups is 2. The van der Waals surface area contributed by atoms with E-state index in [1.807, 2.05) is 36.0 Å². The molecule has 2 aliphatic heterocycles. The lowest BCUT2D eigenvalue weighted by Gasteiger charge is -2.39. The van der Waals surface area contributed by atoms with E-state index in [-0.39, 0.29) is 11.3 Å². The smallest absolute Gasteiger partial charge is 0.226 e. The van der Waals surface area contributed by atoms with E-state index in [1.165, 1.54) is 0 Å². The van der Waals surface area contributed by atoms with Gasteiger partial charge in [0, 0.05) is 57.8 Å². The van der Waals surface area contributed by atoms with E-state index in [2.05, 4.69) is 30.9 Å². The zero-order valence-electron chi connectivity index (χ0n) is 17.2. The average molecular weight is 372 g/mol. The molecule has 2 amide bonds. The maximum Gasteiger partial charge on any atom is 0.226 e. The fourth-order valence-corrected chi connectivity index (χ4v) is 4.35. The van der Waals surface area contributed by atoms with Crippen LogP contribution in [0.2, 0.25) is 0 Å². The van der Waals surface area contributed by atoms with Crippen molar-refractivity contribution >= 4 is 17.5 Å². The minimum atomic E-state index is 0.0934. The zero-order valence-corrected chi connectivity index (χ0v) is 17.2. The number of carbonyl (C=O) groups excluding carboxylic acids is 2. The molecule has 0 N–H and O–H groups in total. The van der Waals surface area contributed by atoms with Crippen LogP contribution >= 0.6 is 0 Å². The van der Waals surface area contributed by atoms with Crippen LogP contribution in [0.25, 0.3) is 0 Å². The van der Waals surface area contributed by atoms with Crippen LogP contribution in [0.15, 0.2) is 24.3 Å². The van der Waals surface area contributed by atoms with Gasteiger partial charge in [-0.25, -0.2) is 0 Å². The Labute approximate surface area is 163 Å². The summed E-state index contributed by atoms with van der Waals surface area (Å²) < 4.78 is 0. The number of piperidine rings is 1. The molecule has 0 aromatic heterocycles. The highest BCUT2D eigenvalue weighted by Gasteiger charge is 2.45. The van der Waals surface area contributed by atoms with Crippen LogP contribution < -0.4 is 4.90 Å². The molecule has 2 heterocycles. The van der Waals surface area contributed by atoms with Gasteiger partial charge in [-0.15, -0.1) is 0 Å². The number of hydrogen-bond acceptors (Lipinski definition) is 3. The first kappa shape index (κ1) is 19.7. The lowest BCUT2D eigenvalue weighted by Crippen LogP contribution is -2.45. The van der Waals surface area contributed by atoms with Gasteiger partial charge in [-0.2, -0.15) is 0 Å². The number of benzene rings is 1. The molecule has 1 aromatic carbocycles. The molecular weight excluding hydrogens is 338 g/mol. The summed E-state index contributed by atoms with van der Waals surface area (Å²) in [6, 6.07) is 8.19. The molecule has 1 spiro atoms. The predicted molar refractivity (Wildman–Crippen MR) is 109 cm³/mol. The quantitative estimate of drug-likeness (QED) is 0.799. The highest BCUT2D eigenvalue weighted by Crippen LogP contribution is 2.41. The number of amides is 2. The van der Waals surface area contributed by atoms with Crippen LogP contribution in [-0.2, 0) is 16.0 Å². The maximum absolute atomic E-state index is 12.7. The summed E-state index contributed by atoms with van der Waals surface area (Å²) in [6.45, 7) is 7.59. The van der Waals surface area contributed by atoms with Crippen LogP contribution in [-0.4, -0.2) is 61.9 Å². The Morgan fingerprint density at radius 3 is 2.33 bits per heavy atom. The Hall–Kier alpha value is -2.04. The Bertz CT molecular complexity index is 673. The topological polar surface area (TPSA) is 43.9 Å². The minimum absolute atomic E-state index is 0.0934. The molecule has 0 saturated carbocycles. The van der Waals surface area contributed by atoms with Crippen LogP contribution in [0.1, 0.15) is 38.7 Å². The van der Waals surface area contributed by atoms with E-state index < -0.39 is 0 Å². The number of anilines is 1. The minimum Gasteiger partial charge on any atom is -0.378 e. The lowest BCUT2D eigenvalue weighted by atomic mass is 9.77. The van der Waals surface area contributed by atoms with E-state index in [1.54, 1.807) is 0 Å². The summed E-state index contributed by atoms with van der Waals surface area (Å²) in [5.74, 6) is 1.000. The molecule has 3 rings (SSSR count). The molecule has 0 aliphatic carbocycles. The monoisotopic (exact) mass is 371 g/mol. The summed E-state index contributed by atoms with van der Waals surface area (Å²) in [5.41, 5.74) is 2.30. The van der Waals surface area contributed by atoms with Gasteiger partial charge >= 0.3 is 0 Å². The first-order chi connectivity index (χ1) is 12.8. The molecule has 2 saturated heterocycles. The summed E-state index contributed by atoms with van der Waals surface area (Å²) in [5, 5.41) is 0. The van der Waals surface area contributed by atoms with Crippen molar-refractivity contribution in [1.82, 2.24) is 9.80 Å². The molecule has 2 aliphatic rings. The summed E-state index contributed by atoms with van der Waals surface area (Å²) in [6.07, 6.45) is 3.00. The Balaban J connectivity index is 1.53. The third-order valence-corrected chi connectivity index (χ3v) is 5.98. The van der Waals surface area contributed by atoms with Crippen LogP contribution in [0.3, 0.4) is 0 Å². The predicted octanol–water partition coefficient (Wildman–Crippen LogP) is 2.79. The third kappa shape index (κ3) is 4.63. The molecule has 148 valence electrons. The molecule has 0 atom stereocenters. The first-order valence-electron chi connectivity index (χ1n) is 10.1. The van der Waals surface area contributed by atoms with Gasteiger partial charge in [0.15, 0.2) is 0 Å². The van der Waals surface area contributed by atoms with Crippen molar-refractivity contribution in [3.63, 3.8) is 0 Å². The molecule has 27 heavy (non-hydrogen) atoms. The Morgan fingerprint density at radius 1 is 1.15 bits per heavy atom. The molecule has 0 bridgehead atoms. The second-order valence-corrected chi connectivity index (χ2v) is 8.96. The zero-order chi connectivity index (χ0) is 19.6. The van der Waals surface area contributed by atoms with E-state index >= 15 is 0 Å². The van der Waals surface area contributed by atoms with Crippen molar-refractivity contribution < 1.29 is 9.59 Å². The Morgan fingerprint density at radius 2 is 1.78 bits per heavy atom. The molecule has 5 nitrogen and oxygen atoms in total. The van der Waals surface area contributed by atoms with Gasteiger partial charge in [0.05, 0.1) is 6.42 Å². The molecule has 1 aromatic rings. The van der Waals surface area contributed by atoms with Crippen molar-refractivity contribution in [2.24, 2.45) is 11.3 Å². The van der Waals surface area contributed by atoms with Gasteiger partial charge in [0.1, 0.15) is 0 Å². The van der Waals surface area contributed by atoms with Gasteiger partial charge in [-0.05, 0) is 36.5 Å². The lowest BCUT2D eigenvalue weighted by molar-refractivity contribution is -0.132. The fraction of sp³-hybridized carbons (Fsp3) is 0.636. The number of hydrogen-bond donors (Lipinski definition) is 0. The molecule has 0 radical (unpaired) electrons. The average Bonchev–Trinajstić information content (AvgIpc) is 2.90. The largest absolute Gasteiger partial charge is 0.378 e. The highest BCUT2D eigenvalue weighted by molar-refractivity contribution is 5.80. The van der Waals surface area contributed by atoms with Crippen LogP contribution in [0.5, 0.6) is 0 Å². The standard InChI is InChI=1S/C22H33N3O2/c1-17(2)15-25-16-22(14-21(25)27)9-11-24(12-10-22)20(26)13-18-5-7-19(8-6-18)23(3)4/h5-8,17H,9-16H2,1-4H3. The van der Waals surface area contributed by atoms with E-state index in [0.29, 0.717) is 24.7 Å². The summed E-state index contributed by atoms with van der Waals surface area (Å²) in [4.78, 5) is 31.1. The highest BCUT2D eigenvalue weighted by atomic mass is 16.2. The van der Waals surface area contributed by atoms with Crippen molar-refractivity contribution in [2.75, 3.05) is 45.2 Å². The van der Waals surface area contributed by atoms with Crippen molar-refractivity contribution in [2.45, 2.75) is 39.5 Å². The summed E-state index contributed by atoms with van der Waals surface area (Å²) >= 11 is 0. The molecular formula is C22H33N3O2. The Kier molecular flexibility index (Phi) is 5.78. The van der Waals surface area contributed by atoms with Crippen molar-refractivity contribution in [3.05, 3.63) is 29.8 Å². The molecule has 5 heteroatoms. The van der Waals surface area contributed by atoms with Gasteiger partial charge in [-0.3, -0.25) is 9.59 Å². The second kappa shape index (κ2) is 7.91. The van der Waals surface area contributed by atoms with E-state index in [9.17, 15) is 9.59 Å². The summed E-state index contributed by atoms with van der Waals surface area (Å²) in [7, 11) is 4.03. The van der Waals surface area contributed by atoms with Crippen molar-refractivity contribution in [3.8, 4) is 0 Å². The third-order valence-electron chi connectivity index (χ3n) is 5.98. The second-order valence-electron chi connectivity index (χ2n) is 8.96. The maximum atomic E-state index is 12.7. The SMILES string of the molecule is CC(C)CN1CC2(CCN(C(=O)Cc3ccc(N(C)C)cc3)CC2)CC1=O. The fourth-order valence-electron chi connectivity index (χ4n) is 4.35. The van der Waals surface area contributed by atoms with Gasteiger partial charge < -0.3 is 14.7 Å². The number of rotatable bonds is 5. The van der Waals surface area contributed by atoms with Crippen LogP contribution in [0, 0.1) is 11.3 Å². The molecule has 0 unspecified atom stereocenters.